The number of nitrogens with zero attached hydrogens (tertiary/aromatic N) is 2. The molecule has 0 unspecified atom stereocenters. The van der Waals surface area contributed by atoms with Crippen molar-refractivity contribution in [3.63, 3.8) is 0 Å². The molecule has 2 aliphatic heterocycles. The molecule has 0 radical (unpaired) electrons. The molecule has 10 rings (SSSR count). The van der Waals surface area contributed by atoms with Crippen molar-refractivity contribution < 1.29 is 4.42 Å². The Bertz CT molecular complexity index is 2960. The molecule has 292 valence electrons. The van der Waals surface area contributed by atoms with Gasteiger partial charge in [-0.15, -0.1) is 0 Å². The monoisotopic (exact) mass is 768 g/mol. The van der Waals surface area contributed by atoms with Gasteiger partial charge >= 0.3 is 0 Å². The lowest BCUT2D eigenvalue weighted by atomic mass is 9.30. The molecular formula is C55H53BN2O. The quantitative estimate of drug-likeness (QED) is 0.166. The molecule has 59 heavy (non-hydrogen) atoms. The predicted molar refractivity (Wildman–Crippen MR) is 253 cm³/mol. The van der Waals surface area contributed by atoms with Crippen molar-refractivity contribution in [1.29, 1.82) is 0 Å². The highest BCUT2D eigenvalue weighted by Crippen LogP contribution is 2.46. The van der Waals surface area contributed by atoms with Crippen LogP contribution in [0, 0.1) is 13.8 Å². The number of aryl methyl sites for hydroxylation is 2. The third kappa shape index (κ3) is 5.86. The summed E-state index contributed by atoms with van der Waals surface area (Å²) in [5.41, 5.74) is 20.7. The van der Waals surface area contributed by atoms with Gasteiger partial charge in [0.2, 0.25) is 6.71 Å². The van der Waals surface area contributed by atoms with Gasteiger partial charge in [0.25, 0.3) is 0 Å². The van der Waals surface area contributed by atoms with Crippen LogP contribution < -0.4 is 26.2 Å². The summed E-state index contributed by atoms with van der Waals surface area (Å²) in [6, 6.07) is 52.2. The van der Waals surface area contributed by atoms with Crippen LogP contribution in [0.5, 0.6) is 0 Å². The highest BCUT2D eigenvalue weighted by atomic mass is 16.3. The average Bonchev–Trinajstić information content (AvgIpc) is 3.56. The van der Waals surface area contributed by atoms with Crippen molar-refractivity contribution in [2.45, 2.75) is 85.5 Å². The fourth-order valence-electron chi connectivity index (χ4n) is 9.95. The standard InChI is InChI=1S/C55H53BN2O/c1-34-28-44-52-49(29-34)58(39-23-20-36(21-24-39)53(3,4)5)48-27-22-37(54(6,7)8)30-46(48)56(52)45-33-51-42(32-43(45)55(44,9)10)41-26-25-40(31-50(41)59-51)57(38-17-12-11-13-18-38)47-19-15-14-16-35(47)2/h11-33H,1-10H3. The summed E-state index contributed by atoms with van der Waals surface area (Å²) < 4.78 is 6.99. The number of hydrogen-bond acceptors (Lipinski definition) is 3. The molecule has 0 atom stereocenters. The summed E-state index contributed by atoms with van der Waals surface area (Å²) in [7, 11) is 0. The number of hydrogen-bond donors (Lipinski definition) is 0. The molecule has 0 fully saturated rings. The highest BCUT2D eigenvalue weighted by Gasteiger charge is 2.47. The maximum absolute atomic E-state index is 6.99. The molecule has 3 nitrogen and oxygen atoms in total. The Labute approximate surface area is 350 Å². The average molecular weight is 769 g/mol. The second-order valence-corrected chi connectivity index (χ2v) is 19.6. The van der Waals surface area contributed by atoms with Gasteiger partial charge in [0, 0.05) is 56.4 Å². The molecular weight excluding hydrogens is 715 g/mol. The Morgan fingerprint density at radius 1 is 0.559 bits per heavy atom. The highest BCUT2D eigenvalue weighted by molar-refractivity contribution is 6.99. The zero-order valence-corrected chi connectivity index (χ0v) is 36.2. The van der Waals surface area contributed by atoms with Crippen LogP contribution in [0.25, 0.3) is 21.9 Å². The summed E-state index contributed by atoms with van der Waals surface area (Å²) in [5.74, 6) is 0. The summed E-state index contributed by atoms with van der Waals surface area (Å²) in [6.07, 6.45) is 0. The van der Waals surface area contributed by atoms with Gasteiger partial charge in [-0.25, -0.2) is 0 Å². The van der Waals surface area contributed by atoms with E-state index in [2.05, 4.69) is 219 Å². The van der Waals surface area contributed by atoms with Gasteiger partial charge in [-0.05, 0) is 136 Å². The van der Waals surface area contributed by atoms with E-state index in [9.17, 15) is 0 Å². The van der Waals surface area contributed by atoms with Crippen LogP contribution in [0.2, 0.25) is 0 Å². The number of furan rings is 1. The first kappa shape index (κ1) is 37.3. The lowest BCUT2D eigenvalue weighted by Crippen LogP contribution is -2.64. The van der Waals surface area contributed by atoms with E-state index in [1.54, 1.807) is 0 Å². The molecule has 2 aliphatic rings. The Morgan fingerprint density at radius 3 is 1.95 bits per heavy atom. The van der Waals surface area contributed by atoms with Gasteiger partial charge in [0.15, 0.2) is 0 Å². The van der Waals surface area contributed by atoms with Gasteiger partial charge in [0.1, 0.15) is 11.2 Å². The Morgan fingerprint density at radius 2 is 1.24 bits per heavy atom. The topological polar surface area (TPSA) is 19.6 Å². The van der Waals surface area contributed by atoms with Crippen molar-refractivity contribution in [2.75, 3.05) is 9.80 Å². The van der Waals surface area contributed by atoms with Crippen molar-refractivity contribution in [3.8, 4) is 0 Å². The molecule has 0 N–H and O–H groups in total. The number of para-hydroxylation sites is 2. The van der Waals surface area contributed by atoms with Gasteiger partial charge in [-0.3, -0.25) is 0 Å². The van der Waals surface area contributed by atoms with E-state index < -0.39 is 0 Å². The lowest BCUT2D eigenvalue weighted by molar-refractivity contribution is 0.590. The van der Waals surface area contributed by atoms with E-state index in [-0.39, 0.29) is 23.0 Å². The Hall–Kier alpha value is -6.00. The number of anilines is 6. The van der Waals surface area contributed by atoms with Crippen LogP contribution in [0.4, 0.5) is 34.1 Å². The molecule has 0 amide bonds. The summed E-state index contributed by atoms with van der Waals surface area (Å²) in [4.78, 5) is 4.87. The normalized spacial score (nSPS) is 14.3. The van der Waals surface area contributed by atoms with E-state index in [4.69, 9.17) is 4.42 Å². The van der Waals surface area contributed by atoms with Crippen molar-refractivity contribution in [1.82, 2.24) is 0 Å². The van der Waals surface area contributed by atoms with Crippen LogP contribution in [-0.4, -0.2) is 6.71 Å². The molecule has 0 aliphatic carbocycles. The lowest BCUT2D eigenvalue weighted by Gasteiger charge is -2.46. The SMILES string of the molecule is Cc1cc2c3c(c1)C(C)(C)c1cc4c(cc1B3c1cc(C(C)(C)C)ccc1N2c1ccc(C(C)(C)C)cc1)oc1cc(N(c2ccccc2)c2ccccc2C)ccc14. The van der Waals surface area contributed by atoms with Crippen LogP contribution in [0.3, 0.4) is 0 Å². The fourth-order valence-corrected chi connectivity index (χ4v) is 9.95. The zero-order chi connectivity index (χ0) is 41.2. The Kier molecular flexibility index (Phi) is 8.22. The number of benzene rings is 7. The maximum atomic E-state index is 6.99. The van der Waals surface area contributed by atoms with Crippen molar-refractivity contribution >= 4 is 79.2 Å². The largest absolute Gasteiger partial charge is 0.456 e. The van der Waals surface area contributed by atoms with Crippen LogP contribution in [-0.2, 0) is 16.2 Å². The van der Waals surface area contributed by atoms with Crippen LogP contribution in [0.15, 0.2) is 144 Å². The molecule has 0 spiro atoms. The summed E-state index contributed by atoms with van der Waals surface area (Å²) in [6.45, 7) is 23.2. The van der Waals surface area contributed by atoms with E-state index in [0.29, 0.717) is 0 Å². The Balaban J connectivity index is 1.20. The minimum atomic E-state index is -0.254. The maximum Gasteiger partial charge on any atom is 0.247 e. The minimum Gasteiger partial charge on any atom is -0.456 e. The number of fused-ring (bicyclic) bond motifs is 7. The van der Waals surface area contributed by atoms with Gasteiger partial charge in [-0.1, -0.05) is 128 Å². The predicted octanol–water partition coefficient (Wildman–Crippen LogP) is 13.2. The first-order chi connectivity index (χ1) is 28.1. The van der Waals surface area contributed by atoms with Crippen LogP contribution >= 0.6 is 0 Å². The number of rotatable bonds is 4. The smallest absolute Gasteiger partial charge is 0.247 e. The minimum absolute atomic E-state index is 0.00626. The van der Waals surface area contributed by atoms with Crippen molar-refractivity contribution in [2.24, 2.45) is 0 Å². The first-order valence-electron chi connectivity index (χ1n) is 21.2. The van der Waals surface area contributed by atoms with Gasteiger partial charge in [-0.2, -0.15) is 0 Å². The molecule has 0 saturated carbocycles. The van der Waals surface area contributed by atoms with Crippen LogP contribution in [0.1, 0.15) is 88.8 Å². The molecule has 0 bridgehead atoms. The fraction of sp³-hybridized carbons (Fsp3) is 0.236. The van der Waals surface area contributed by atoms with Gasteiger partial charge in [0.05, 0.1) is 0 Å². The van der Waals surface area contributed by atoms with Gasteiger partial charge < -0.3 is 14.2 Å². The van der Waals surface area contributed by atoms with E-state index in [1.165, 1.54) is 66.8 Å². The second-order valence-electron chi connectivity index (χ2n) is 19.6. The van der Waals surface area contributed by atoms with E-state index >= 15 is 0 Å². The second kappa shape index (κ2) is 13.0. The van der Waals surface area contributed by atoms with E-state index in [0.717, 1.165) is 39.0 Å². The molecule has 8 aromatic rings. The molecule has 4 heteroatoms. The third-order valence-corrected chi connectivity index (χ3v) is 13.2. The summed E-state index contributed by atoms with van der Waals surface area (Å²) >= 11 is 0. The zero-order valence-electron chi connectivity index (χ0n) is 36.2. The summed E-state index contributed by atoms with van der Waals surface area (Å²) in [5, 5.41) is 2.30. The van der Waals surface area contributed by atoms with Crippen molar-refractivity contribution in [3.05, 3.63) is 173 Å². The molecule has 7 aromatic carbocycles. The first-order valence-corrected chi connectivity index (χ1v) is 21.2. The third-order valence-electron chi connectivity index (χ3n) is 13.2. The molecule has 0 saturated heterocycles. The molecule has 1 aromatic heterocycles. The van der Waals surface area contributed by atoms with E-state index in [1.807, 2.05) is 0 Å². The molecule has 3 heterocycles.